The molecule has 4 heteroatoms. The second kappa shape index (κ2) is 6.61. The molecule has 2 aromatic carbocycles. The molecule has 0 fully saturated rings. The third kappa shape index (κ3) is 3.51. The van der Waals surface area contributed by atoms with Gasteiger partial charge in [-0.15, -0.1) is 0 Å². The molecule has 0 aliphatic heterocycles. The molecule has 104 valence electrons. The van der Waals surface area contributed by atoms with Crippen molar-refractivity contribution in [3.8, 4) is 5.75 Å². The summed E-state index contributed by atoms with van der Waals surface area (Å²) >= 11 is 0. The number of nitrogens with one attached hydrogen (secondary N) is 1. The topological polar surface area (TPSA) is 47.6 Å². The van der Waals surface area contributed by atoms with Gasteiger partial charge in [-0.05, 0) is 24.6 Å². The molecule has 0 radical (unpaired) electrons. The molecule has 0 unspecified atom stereocenters. The number of carbonyl (C=O) groups excluding carboxylic acids is 1. The molecule has 20 heavy (non-hydrogen) atoms. The van der Waals surface area contributed by atoms with E-state index in [1.807, 2.05) is 55.5 Å². The fraction of sp³-hybridized carbons (Fsp3) is 0.188. The van der Waals surface area contributed by atoms with Crippen LogP contribution in [0.25, 0.3) is 0 Å². The van der Waals surface area contributed by atoms with E-state index in [2.05, 4.69) is 10.1 Å². The van der Waals surface area contributed by atoms with Crippen molar-refractivity contribution < 1.29 is 14.3 Å². The van der Waals surface area contributed by atoms with E-state index in [1.54, 1.807) is 0 Å². The van der Waals surface area contributed by atoms with Gasteiger partial charge in [-0.25, -0.2) is 4.79 Å². The van der Waals surface area contributed by atoms with Gasteiger partial charge in [0.2, 0.25) is 0 Å². The Morgan fingerprint density at radius 1 is 1.10 bits per heavy atom. The highest BCUT2D eigenvalue weighted by atomic mass is 16.5. The van der Waals surface area contributed by atoms with Crippen molar-refractivity contribution in [3.63, 3.8) is 0 Å². The first kappa shape index (κ1) is 13.9. The Labute approximate surface area is 118 Å². The fourth-order valence-corrected chi connectivity index (χ4v) is 1.80. The molecule has 0 aliphatic rings. The third-order valence-corrected chi connectivity index (χ3v) is 2.92. The number of methoxy groups -OCH3 is 1. The van der Waals surface area contributed by atoms with Crippen molar-refractivity contribution in [2.75, 3.05) is 12.4 Å². The Hall–Kier alpha value is -2.49. The lowest BCUT2D eigenvalue weighted by molar-refractivity contribution is 0.187. The summed E-state index contributed by atoms with van der Waals surface area (Å²) in [6, 6.07) is 15.3. The van der Waals surface area contributed by atoms with Crippen LogP contribution in [0.4, 0.5) is 10.5 Å². The number of para-hydroxylation sites is 2. The Balaban J connectivity index is 2.10. The molecular weight excluding hydrogens is 254 g/mol. The highest BCUT2D eigenvalue weighted by Gasteiger charge is 2.07. The van der Waals surface area contributed by atoms with Crippen LogP contribution in [0.2, 0.25) is 0 Å². The number of hydrogen-bond donors (Lipinski definition) is 1. The van der Waals surface area contributed by atoms with Crippen LogP contribution >= 0.6 is 0 Å². The van der Waals surface area contributed by atoms with Crippen LogP contribution in [0.15, 0.2) is 48.5 Å². The summed E-state index contributed by atoms with van der Waals surface area (Å²) < 4.78 is 10.4. The van der Waals surface area contributed by atoms with Crippen molar-refractivity contribution >= 4 is 11.8 Å². The molecule has 4 nitrogen and oxygen atoms in total. The van der Waals surface area contributed by atoms with Crippen LogP contribution in [0.3, 0.4) is 0 Å². The molecule has 0 saturated heterocycles. The van der Waals surface area contributed by atoms with Crippen LogP contribution in [-0.2, 0) is 11.3 Å². The van der Waals surface area contributed by atoms with E-state index in [0.29, 0.717) is 12.3 Å². The van der Waals surface area contributed by atoms with Gasteiger partial charge in [0.1, 0.15) is 12.4 Å². The molecule has 0 heterocycles. The van der Waals surface area contributed by atoms with E-state index in [9.17, 15) is 4.79 Å². The van der Waals surface area contributed by atoms with Gasteiger partial charge in [0, 0.05) is 5.56 Å². The average Bonchev–Trinajstić information content (AvgIpc) is 2.47. The molecule has 2 aromatic rings. The van der Waals surface area contributed by atoms with Crippen molar-refractivity contribution in [1.29, 1.82) is 0 Å². The Bertz CT molecular complexity index is 596. The smallest absolute Gasteiger partial charge is 0.411 e. The Kier molecular flexibility index (Phi) is 4.60. The fourth-order valence-electron chi connectivity index (χ4n) is 1.80. The van der Waals surface area contributed by atoms with Crippen LogP contribution in [0.5, 0.6) is 5.75 Å². The van der Waals surface area contributed by atoms with E-state index in [0.717, 1.165) is 16.9 Å². The molecule has 0 atom stereocenters. The average molecular weight is 271 g/mol. The van der Waals surface area contributed by atoms with Gasteiger partial charge in [-0.2, -0.15) is 0 Å². The van der Waals surface area contributed by atoms with Crippen molar-refractivity contribution in [2.45, 2.75) is 13.5 Å². The minimum absolute atomic E-state index is 0.380. The van der Waals surface area contributed by atoms with Gasteiger partial charge in [0.15, 0.2) is 0 Å². The van der Waals surface area contributed by atoms with Crippen LogP contribution in [0.1, 0.15) is 11.1 Å². The summed E-state index contributed by atoms with van der Waals surface area (Å²) in [7, 11) is 1.34. The van der Waals surface area contributed by atoms with E-state index in [-0.39, 0.29) is 0 Å². The summed E-state index contributed by atoms with van der Waals surface area (Å²) in [5, 5.41) is 2.67. The minimum Gasteiger partial charge on any atom is -0.489 e. The maximum absolute atomic E-state index is 11.3. The summed E-state index contributed by atoms with van der Waals surface area (Å²) in [6.45, 7) is 2.37. The number of ether oxygens (including phenoxy) is 2. The number of rotatable bonds is 4. The molecule has 0 aromatic heterocycles. The van der Waals surface area contributed by atoms with E-state index >= 15 is 0 Å². The van der Waals surface area contributed by atoms with Crippen LogP contribution in [0, 0.1) is 6.92 Å². The van der Waals surface area contributed by atoms with Gasteiger partial charge in [0.25, 0.3) is 0 Å². The molecule has 0 saturated carbocycles. The van der Waals surface area contributed by atoms with Gasteiger partial charge in [-0.3, -0.25) is 5.32 Å². The molecular formula is C16H17NO3. The number of hydrogen-bond acceptors (Lipinski definition) is 3. The lowest BCUT2D eigenvalue weighted by atomic mass is 10.2. The maximum Gasteiger partial charge on any atom is 0.411 e. The Morgan fingerprint density at radius 2 is 1.80 bits per heavy atom. The highest BCUT2D eigenvalue weighted by Crippen LogP contribution is 2.21. The first-order valence-corrected chi connectivity index (χ1v) is 6.32. The van der Waals surface area contributed by atoms with E-state index in [4.69, 9.17) is 4.74 Å². The van der Waals surface area contributed by atoms with Gasteiger partial charge < -0.3 is 9.47 Å². The number of carbonyl (C=O) groups is 1. The predicted molar refractivity (Wildman–Crippen MR) is 78.0 cm³/mol. The largest absolute Gasteiger partial charge is 0.489 e. The van der Waals surface area contributed by atoms with Crippen LogP contribution < -0.4 is 10.1 Å². The van der Waals surface area contributed by atoms with E-state index in [1.165, 1.54) is 7.11 Å². The second-order valence-corrected chi connectivity index (χ2v) is 4.33. The first-order chi connectivity index (χ1) is 9.70. The zero-order chi connectivity index (χ0) is 14.4. The molecule has 1 N–H and O–H groups in total. The molecule has 0 bridgehead atoms. The van der Waals surface area contributed by atoms with Crippen molar-refractivity contribution in [3.05, 3.63) is 59.7 Å². The lowest BCUT2D eigenvalue weighted by Gasteiger charge is -2.12. The van der Waals surface area contributed by atoms with Crippen LogP contribution in [-0.4, -0.2) is 13.2 Å². The summed E-state index contributed by atoms with van der Waals surface area (Å²) in [5.41, 5.74) is 2.65. The standard InChI is InChI=1S/C16H17NO3/c1-12-7-3-6-10-15(12)20-11-13-8-4-5-9-14(13)17-16(18)19-2/h3-10H,11H2,1-2H3,(H,17,18). The highest BCUT2D eigenvalue weighted by molar-refractivity contribution is 5.85. The predicted octanol–water partition coefficient (Wildman–Crippen LogP) is 3.75. The Morgan fingerprint density at radius 3 is 2.55 bits per heavy atom. The number of anilines is 1. The summed E-state index contributed by atoms with van der Waals surface area (Å²) in [5.74, 6) is 0.834. The summed E-state index contributed by atoms with van der Waals surface area (Å²) in [4.78, 5) is 11.3. The zero-order valence-electron chi connectivity index (χ0n) is 11.6. The van der Waals surface area contributed by atoms with E-state index < -0.39 is 6.09 Å². The zero-order valence-corrected chi connectivity index (χ0v) is 11.6. The number of benzene rings is 2. The molecule has 0 spiro atoms. The number of amides is 1. The van der Waals surface area contributed by atoms with Crippen molar-refractivity contribution in [2.24, 2.45) is 0 Å². The SMILES string of the molecule is COC(=O)Nc1ccccc1COc1ccccc1C. The third-order valence-electron chi connectivity index (χ3n) is 2.92. The summed E-state index contributed by atoms with van der Waals surface area (Å²) in [6.07, 6.45) is -0.492. The minimum atomic E-state index is -0.492. The molecule has 0 aliphatic carbocycles. The quantitative estimate of drug-likeness (QED) is 0.921. The first-order valence-electron chi connectivity index (χ1n) is 6.32. The molecule has 2 rings (SSSR count). The lowest BCUT2D eigenvalue weighted by Crippen LogP contribution is -2.13. The monoisotopic (exact) mass is 271 g/mol. The number of aryl methyl sites for hydroxylation is 1. The maximum atomic E-state index is 11.3. The van der Waals surface area contributed by atoms with Gasteiger partial charge >= 0.3 is 6.09 Å². The van der Waals surface area contributed by atoms with Gasteiger partial charge in [0.05, 0.1) is 12.8 Å². The van der Waals surface area contributed by atoms with Crippen molar-refractivity contribution in [1.82, 2.24) is 0 Å². The normalized spacial score (nSPS) is 9.90. The van der Waals surface area contributed by atoms with Gasteiger partial charge in [-0.1, -0.05) is 36.4 Å². The second-order valence-electron chi connectivity index (χ2n) is 4.33. The molecule has 1 amide bonds.